The molecule has 4 nitrogen and oxygen atoms in total. The summed E-state index contributed by atoms with van der Waals surface area (Å²) in [7, 11) is 1.61. The van der Waals surface area contributed by atoms with Crippen LogP contribution in [0.4, 0.5) is 0 Å². The molecule has 0 radical (unpaired) electrons. The Morgan fingerprint density at radius 1 is 1.47 bits per heavy atom. The molecule has 1 rings (SSSR count). The van der Waals surface area contributed by atoms with Gasteiger partial charge in [-0.05, 0) is 28.7 Å². The average molecular weight is 253 g/mol. The molecule has 0 saturated heterocycles. The van der Waals surface area contributed by atoms with Crippen LogP contribution in [0.5, 0.6) is 5.75 Å². The van der Waals surface area contributed by atoms with E-state index < -0.39 is 17.2 Å². The molecule has 17 heavy (non-hydrogen) atoms. The number of rotatable bonds is 5. The number of methoxy groups -OCH3 is 1. The fourth-order valence-corrected chi connectivity index (χ4v) is 2.01. The molecule has 0 bridgehead atoms. The van der Waals surface area contributed by atoms with Gasteiger partial charge in [-0.15, -0.1) is 6.58 Å². The predicted molar refractivity (Wildman–Crippen MR) is 68.1 cm³/mol. The van der Waals surface area contributed by atoms with E-state index in [9.17, 15) is 5.11 Å². The first kappa shape index (κ1) is 13.4. The average Bonchev–Trinajstić information content (AvgIpc) is 2.36. The molecule has 0 heterocycles. The number of benzene rings is 1. The van der Waals surface area contributed by atoms with Gasteiger partial charge in [0.1, 0.15) is 12.0 Å². The molecule has 1 aromatic rings. The molecular formula is C12H15NO3S. The first-order valence-corrected chi connectivity index (χ1v) is 6.56. The minimum Gasteiger partial charge on any atom is -0.593 e. The zero-order chi connectivity index (χ0) is 12.7. The minimum absolute atomic E-state index is 0.183. The van der Waals surface area contributed by atoms with Crippen LogP contribution in [0.2, 0.25) is 0 Å². The van der Waals surface area contributed by atoms with E-state index in [1.165, 1.54) is 6.08 Å². The molecular weight excluding hydrogens is 238 g/mol. The fourth-order valence-electron chi connectivity index (χ4n) is 1.09. The maximum atomic E-state index is 11.3. The van der Waals surface area contributed by atoms with Crippen LogP contribution >= 0.6 is 0 Å². The monoisotopic (exact) mass is 253 g/mol. The first-order chi connectivity index (χ1) is 8.17. The number of hydrogen-bond donors (Lipinski definition) is 0. The topological polar surface area (TPSA) is 53.9 Å². The third kappa shape index (κ3) is 4.40. The lowest BCUT2D eigenvalue weighted by Crippen LogP contribution is -2.22. The van der Waals surface area contributed by atoms with Crippen molar-refractivity contribution in [1.82, 2.24) is 0 Å². The van der Waals surface area contributed by atoms with E-state index in [2.05, 4.69) is 11.0 Å². The van der Waals surface area contributed by atoms with Crippen molar-refractivity contribution in [3.8, 4) is 5.75 Å². The van der Waals surface area contributed by atoms with Gasteiger partial charge >= 0.3 is 0 Å². The van der Waals surface area contributed by atoms with Gasteiger partial charge in [0, 0.05) is 6.61 Å². The molecule has 0 aliphatic rings. The zero-order valence-corrected chi connectivity index (χ0v) is 10.7. The molecule has 1 unspecified atom stereocenters. The Kier molecular flexibility index (Phi) is 5.42. The predicted octanol–water partition coefficient (Wildman–Crippen LogP) is 1.14. The molecule has 0 spiro atoms. The van der Waals surface area contributed by atoms with Gasteiger partial charge in [-0.25, -0.2) is 0 Å². The van der Waals surface area contributed by atoms with Crippen LogP contribution in [-0.4, -0.2) is 26.1 Å². The molecule has 1 aromatic carbocycles. The summed E-state index contributed by atoms with van der Waals surface area (Å²) in [6.07, 6.45) is 2.80. The van der Waals surface area contributed by atoms with E-state index in [0.717, 1.165) is 10.6 Å². The molecule has 0 amide bonds. The van der Waals surface area contributed by atoms with Crippen LogP contribution in [0.15, 0.2) is 46.2 Å². The number of hydrogen-bond acceptors (Lipinski definition) is 4. The summed E-state index contributed by atoms with van der Waals surface area (Å²) < 4.78 is 13.8. The van der Waals surface area contributed by atoms with Crippen LogP contribution in [0, 0.1) is 0 Å². The molecule has 0 fully saturated rings. The lowest BCUT2D eigenvalue weighted by Gasteiger charge is -2.08. The third-order valence-electron chi connectivity index (χ3n) is 1.94. The van der Waals surface area contributed by atoms with Gasteiger partial charge in [0.05, 0.1) is 7.11 Å². The van der Waals surface area contributed by atoms with Gasteiger partial charge < -0.3 is 14.6 Å². The van der Waals surface area contributed by atoms with E-state index >= 15 is 0 Å². The lowest BCUT2D eigenvalue weighted by atomic mass is 10.3. The second kappa shape index (κ2) is 6.85. The highest BCUT2D eigenvalue weighted by atomic mass is 32.2. The quantitative estimate of drug-likeness (QED) is 0.342. The summed E-state index contributed by atoms with van der Waals surface area (Å²) in [6.45, 7) is 3.64. The van der Waals surface area contributed by atoms with Gasteiger partial charge in [-0.2, -0.15) is 0 Å². The first-order valence-electron chi connectivity index (χ1n) is 4.97. The Morgan fingerprint density at radius 2 is 2.12 bits per heavy atom. The van der Waals surface area contributed by atoms with Gasteiger partial charge in [0.2, 0.25) is 6.08 Å². The maximum absolute atomic E-state index is 11.3. The van der Waals surface area contributed by atoms with E-state index in [1.807, 2.05) is 30.5 Å². The standard InChI is InChI=1S/C12H15NO3S/c1-4-9-16-12(14)13-17(3)11-7-5-10(15-2)6-8-11/h4-8H,1,9H2,2-3H3. The van der Waals surface area contributed by atoms with Crippen molar-refractivity contribution in [1.29, 1.82) is 0 Å². The van der Waals surface area contributed by atoms with Crippen LogP contribution in [0.1, 0.15) is 0 Å². The third-order valence-corrected chi connectivity index (χ3v) is 3.31. The SMILES string of the molecule is C=CCO/C([O-])=N/[S+](C)c1ccc(OC)cc1. The van der Waals surface area contributed by atoms with Crippen molar-refractivity contribution in [2.45, 2.75) is 4.90 Å². The molecule has 0 saturated carbocycles. The largest absolute Gasteiger partial charge is 0.593 e. The van der Waals surface area contributed by atoms with Crippen molar-refractivity contribution >= 4 is 17.2 Å². The highest BCUT2D eigenvalue weighted by Crippen LogP contribution is 2.17. The van der Waals surface area contributed by atoms with Crippen LogP contribution in [0.25, 0.3) is 0 Å². The molecule has 0 aromatic heterocycles. The van der Waals surface area contributed by atoms with Crippen LogP contribution < -0.4 is 9.84 Å². The summed E-state index contributed by atoms with van der Waals surface area (Å²) in [5.74, 6) is 0.778. The van der Waals surface area contributed by atoms with Gasteiger partial charge in [0.15, 0.2) is 16.0 Å². The second-order valence-electron chi connectivity index (χ2n) is 3.11. The number of ether oxygens (including phenoxy) is 2. The Labute approximate surface area is 104 Å². The fraction of sp³-hybridized carbons (Fsp3) is 0.250. The van der Waals surface area contributed by atoms with Gasteiger partial charge in [-0.3, -0.25) is 0 Å². The van der Waals surface area contributed by atoms with Crippen molar-refractivity contribution < 1.29 is 14.6 Å². The van der Waals surface area contributed by atoms with E-state index in [1.54, 1.807) is 7.11 Å². The molecule has 0 N–H and O–H groups in total. The van der Waals surface area contributed by atoms with Gasteiger partial charge in [-0.1, -0.05) is 6.08 Å². The Balaban J connectivity index is 2.67. The summed E-state index contributed by atoms with van der Waals surface area (Å²) in [4.78, 5) is 0.960. The highest BCUT2D eigenvalue weighted by molar-refractivity contribution is 7.95. The summed E-state index contributed by atoms with van der Waals surface area (Å²) >= 11 is -0.517. The smallest absolute Gasteiger partial charge is 0.205 e. The van der Waals surface area contributed by atoms with Crippen molar-refractivity contribution in [3.05, 3.63) is 36.9 Å². The normalized spacial score (nSPS) is 12.9. The summed E-state index contributed by atoms with van der Waals surface area (Å²) in [6, 6.07) is 7.44. The second-order valence-corrected chi connectivity index (χ2v) is 4.72. The molecule has 92 valence electrons. The Bertz CT molecular complexity index is 389. The molecule has 0 aliphatic carbocycles. The highest BCUT2D eigenvalue weighted by Gasteiger charge is 2.14. The van der Waals surface area contributed by atoms with Crippen molar-refractivity contribution in [2.24, 2.45) is 4.40 Å². The van der Waals surface area contributed by atoms with Gasteiger partial charge in [0.25, 0.3) is 0 Å². The molecule has 1 atom stereocenters. The molecule has 0 aliphatic heterocycles. The minimum atomic E-state index is -0.563. The van der Waals surface area contributed by atoms with E-state index in [0.29, 0.717) is 0 Å². The maximum Gasteiger partial charge on any atom is 0.205 e. The Hall–Kier alpha value is -1.62. The lowest BCUT2D eigenvalue weighted by molar-refractivity contribution is -0.248. The summed E-state index contributed by atoms with van der Waals surface area (Å²) in [5, 5.41) is 11.3. The Morgan fingerprint density at radius 3 is 2.65 bits per heavy atom. The number of nitrogens with zero attached hydrogens (tertiary/aromatic N) is 1. The van der Waals surface area contributed by atoms with Crippen molar-refractivity contribution in [3.63, 3.8) is 0 Å². The van der Waals surface area contributed by atoms with Crippen LogP contribution in [0.3, 0.4) is 0 Å². The van der Waals surface area contributed by atoms with Crippen molar-refractivity contribution in [2.75, 3.05) is 20.0 Å². The zero-order valence-electron chi connectivity index (χ0n) is 9.88. The van der Waals surface area contributed by atoms with Crippen LogP contribution in [-0.2, 0) is 15.8 Å². The molecule has 5 heteroatoms. The van der Waals surface area contributed by atoms with E-state index in [4.69, 9.17) is 9.47 Å². The van der Waals surface area contributed by atoms with E-state index in [-0.39, 0.29) is 6.61 Å². The summed E-state index contributed by atoms with van der Waals surface area (Å²) in [5.41, 5.74) is 0.